The van der Waals surface area contributed by atoms with Crippen molar-refractivity contribution in [3.63, 3.8) is 0 Å². The third-order valence-electron chi connectivity index (χ3n) is 7.60. The lowest BCUT2D eigenvalue weighted by Crippen LogP contribution is -2.52. The summed E-state index contributed by atoms with van der Waals surface area (Å²) in [7, 11) is 1.66. The third-order valence-corrected chi connectivity index (χ3v) is 7.60. The van der Waals surface area contributed by atoms with E-state index < -0.39 is 0 Å². The molecule has 0 amide bonds. The fraction of sp³-hybridized carbons (Fsp3) is 0.407. The number of rotatable bonds is 6. The number of methoxy groups -OCH3 is 1. The fourth-order valence-corrected chi connectivity index (χ4v) is 5.72. The molecular weight excluding hydrogens is 454 g/mol. The van der Waals surface area contributed by atoms with Gasteiger partial charge in [-0.05, 0) is 78.0 Å². The van der Waals surface area contributed by atoms with Crippen LogP contribution in [0.3, 0.4) is 0 Å². The molecule has 2 unspecified atom stereocenters. The molecule has 2 aliphatic rings. The monoisotopic (exact) mass is 485 g/mol. The van der Waals surface area contributed by atoms with Gasteiger partial charge in [-0.15, -0.1) is 5.10 Å². The van der Waals surface area contributed by atoms with Crippen LogP contribution in [-0.2, 0) is 6.54 Å². The highest BCUT2D eigenvalue weighted by molar-refractivity contribution is 5.79. The van der Waals surface area contributed by atoms with Crippen LogP contribution in [0.5, 0.6) is 5.75 Å². The van der Waals surface area contributed by atoms with E-state index >= 15 is 0 Å². The minimum Gasteiger partial charge on any atom is -0.497 e. The van der Waals surface area contributed by atoms with Crippen LogP contribution in [0.1, 0.15) is 41.4 Å². The van der Waals surface area contributed by atoms with Gasteiger partial charge in [0.1, 0.15) is 11.8 Å². The first kappa shape index (κ1) is 22.9. The standard InChI is InChI=1S/C27H31N7O2/c1-18-5-10-24-20(14-18)15-23(27(35)28-24)25(33-13-12-32-11-3-4-21(32)17-33)26-29-30-31-34(26)16-19-6-8-22(36-2)9-7-19/h5-10,14-15,21,25H,3-4,11-13,16-17H2,1-2H3,(H,28,35). The molecule has 2 aromatic heterocycles. The number of aromatic nitrogens is 5. The Kier molecular flexibility index (Phi) is 6.02. The van der Waals surface area contributed by atoms with E-state index in [4.69, 9.17) is 4.74 Å². The fourth-order valence-electron chi connectivity index (χ4n) is 5.72. The Morgan fingerprint density at radius 1 is 1.11 bits per heavy atom. The summed E-state index contributed by atoms with van der Waals surface area (Å²) in [5, 5.41) is 13.9. The van der Waals surface area contributed by atoms with Crippen molar-refractivity contribution in [3.8, 4) is 5.75 Å². The van der Waals surface area contributed by atoms with E-state index in [9.17, 15) is 4.79 Å². The largest absolute Gasteiger partial charge is 0.497 e. The van der Waals surface area contributed by atoms with Crippen molar-refractivity contribution in [2.75, 3.05) is 33.3 Å². The first-order valence-electron chi connectivity index (χ1n) is 12.6. The number of benzene rings is 2. The second-order valence-corrected chi connectivity index (χ2v) is 9.92. The number of nitrogens with one attached hydrogen (secondary N) is 1. The lowest BCUT2D eigenvalue weighted by Gasteiger charge is -2.41. The van der Waals surface area contributed by atoms with Crippen molar-refractivity contribution in [2.45, 2.75) is 38.4 Å². The van der Waals surface area contributed by atoms with Crippen molar-refractivity contribution in [3.05, 3.63) is 81.4 Å². The van der Waals surface area contributed by atoms with E-state index in [1.807, 2.05) is 47.1 Å². The van der Waals surface area contributed by atoms with Crippen molar-refractivity contribution in [1.82, 2.24) is 35.0 Å². The molecule has 0 radical (unpaired) electrons. The predicted molar refractivity (Wildman–Crippen MR) is 137 cm³/mol. The minimum atomic E-state index is -0.338. The molecule has 2 saturated heterocycles. The predicted octanol–water partition coefficient (Wildman–Crippen LogP) is 2.75. The maximum atomic E-state index is 13.5. The van der Waals surface area contributed by atoms with Gasteiger partial charge in [-0.3, -0.25) is 14.6 Å². The van der Waals surface area contributed by atoms with Crippen LogP contribution in [0.25, 0.3) is 10.9 Å². The van der Waals surface area contributed by atoms with E-state index in [0.29, 0.717) is 24.0 Å². The number of hydrogen-bond donors (Lipinski definition) is 1. The zero-order chi connectivity index (χ0) is 24.6. The Balaban J connectivity index is 1.43. The Bertz CT molecular complexity index is 1430. The van der Waals surface area contributed by atoms with Gasteiger partial charge in [-0.25, -0.2) is 4.68 Å². The highest BCUT2D eigenvalue weighted by Gasteiger charge is 2.37. The number of piperazine rings is 1. The van der Waals surface area contributed by atoms with Crippen molar-refractivity contribution in [2.24, 2.45) is 0 Å². The molecule has 4 heterocycles. The number of fused-ring (bicyclic) bond motifs is 2. The summed E-state index contributed by atoms with van der Waals surface area (Å²) in [6, 6.07) is 16.2. The summed E-state index contributed by atoms with van der Waals surface area (Å²) in [5.41, 5.74) is 3.65. The summed E-state index contributed by atoms with van der Waals surface area (Å²) in [5.74, 6) is 1.50. The van der Waals surface area contributed by atoms with E-state index in [0.717, 1.165) is 54.0 Å². The van der Waals surface area contributed by atoms with Crippen LogP contribution in [0, 0.1) is 6.92 Å². The Labute approximate surface area is 209 Å². The molecule has 1 N–H and O–H groups in total. The van der Waals surface area contributed by atoms with E-state index in [2.05, 4.69) is 43.3 Å². The van der Waals surface area contributed by atoms with Gasteiger partial charge in [-0.1, -0.05) is 23.8 Å². The maximum Gasteiger partial charge on any atom is 0.253 e. The zero-order valence-corrected chi connectivity index (χ0v) is 20.7. The molecular formula is C27H31N7O2. The Hall–Kier alpha value is -3.56. The summed E-state index contributed by atoms with van der Waals surface area (Å²) < 4.78 is 7.13. The number of H-pyrrole nitrogens is 1. The first-order chi connectivity index (χ1) is 17.6. The summed E-state index contributed by atoms with van der Waals surface area (Å²) >= 11 is 0. The summed E-state index contributed by atoms with van der Waals surface area (Å²) in [4.78, 5) is 21.6. The topological polar surface area (TPSA) is 92.2 Å². The van der Waals surface area contributed by atoms with Gasteiger partial charge in [0, 0.05) is 36.8 Å². The number of nitrogens with zero attached hydrogens (tertiary/aromatic N) is 6. The van der Waals surface area contributed by atoms with Crippen LogP contribution in [0.2, 0.25) is 0 Å². The van der Waals surface area contributed by atoms with Crippen LogP contribution in [-0.4, -0.2) is 74.3 Å². The average molecular weight is 486 g/mol. The van der Waals surface area contributed by atoms with Gasteiger partial charge in [0.2, 0.25) is 0 Å². The zero-order valence-electron chi connectivity index (χ0n) is 20.7. The van der Waals surface area contributed by atoms with Gasteiger partial charge in [0.05, 0.1) is 13.7 Å². The quantitative estimate of drug-likeness (QED) is 0.449. The summed E-state index contributed by atoms with van der Waals surface area (Å²) in [6.45, 7) is 6.49. The first-order valence-corrected chi connectivity index (χ1v) is 12.6. The van der Waals surface area contributed by atoms with Crippen LogP contribution in [0.4, 0.5) is 0 Å². The number of aromatic amines is 1. The Morgan fingerprint density at radius 2 is 1.97 bits per heavy atom. The maximum absolute atomic E-state index is 13.5. The van der Waals surface area contributed by atoms with Crippen molar-refractivity contribution >= 4 is 10.9 Å². The molecule has 0 spiro atoms. The molecule has 4 aromatic rings. The number of tetrazole rings is 1. The van der Waals surface area contributed by atoms with Crippen LogP contribution >= 0.6 is 0 Å². The smallest absolute Gasteiger partial charge is 0.253 e. The molecule has 2 aliphatic heterocycles. The average Bonchev–Trinajstić information content (AvgIpc) is 3.55. The van der Waals surface area contributed by atoms with E-state index in [-0.39, 0.29) is 11.6 Å². The van der Waals surface area contributed by atoms with Crippen molar-refractivity contribution < 1.29 is 4.74 Å². The number of ether oxygens (including phenoxy) is 1. The van der Waals surface area contributed by atoms with Crippen molar-refractivity contribution in [1.29, 1.82) is 0 Å². The Morgan fingerprint density at radius 3 is 2.81 bits per heavy atom. The van der Waals surface area contributed by atoms with Crippen LogP contribution < -0.4 is 10.3 Å². The van der Waals surface area contributed by atoms with Gasteiger partial charge >= 0.3 is 0 Å². The molecule has 0 aliphatic carbocycles. The number of pyridine rings is 1. The molecule has 36 heavy (non-hydrogen) atoms. The molecule has 6 rings (SSSR count). The molecule has 9 nitrogen and oxygen atoms in total. The molecule has 2 aromatic carbocycles. The molecule has 2 fully saturated rings. The molecule has 0 bridgehead atoms. The second kappa shape index (κ2) is 9.48. The lowest BCUT2D eigenvalue weighted by atomic mass is 10.0. The number of aryl methyl sites for hydroxylation is 1. The highest BCUT2D eigenvalue weighted by atomic mass is 16.5. The van der Waals surface area contributed by atoms with Gasteiger partial charge in [0.15, 0.2) is 5.82 Å². The molecule has 0 saturated carbocycles. The number of hydrogen-bond acceptors (Lipinski definition) is 7. The van der Waals surface area contributed by atoms with E-state index in [1.54, 1.807) is 7.11 Å². The SMILES string of the molecule is COc1ccc(Cn2nnnc2C(c2cc3cc(C)ccc3[nH]c2=O)N2CCN3CCCC3C2)cc1. The summed E-state index contributed by atoms with van der Waals surface area (Å²) in [6.07, 6.45) is 2.42. The molecule has 9 heteroatoms. The normalized spacial score (nSPS) is 19.4. The minimum absolute atomic E-state index is 0.0933. The second-order valence-electron chi connectivity index (χ2n) is 9.92. The van der Waals surface area contributed by atoms with Gasteiger partial charge < -0.3 is 9.72 Å². The highest BCUT2D eigenvalue weighted by Crippen LogP contribution is 2.32. The molecule has 186 valence electrons. The lowest BCUT2D eigenvalue weighted by molar-refractivity contribution is 0.0790. The third kappa shape index (κ3) is 4.29. The van der Waals surface area contributed by atoms with Gasteiger partial charge in [-0.2, -0.15) is 0 Å². The van der Waals surface area contributed by atoms with E-state index in [1.165, 1.54) is 12.8 Å². The molecule has 2 atom stereocenters. The van der Waals surface area contributed by atoms with Gasteiger partial charge in [0.25, 0.3) is 5.56 Å². The van der Waals surface area contributed by atoms with Crippen LogP contribution in [0.15, 0.2) is 53.3 Å².